The summed E-state index contributed by atoms with van der Waals surface area (Å²) in [5.74, 6) is -0.954. The van der Waals surface area contributed by atoms with Crippen molar-refractivity contribution in [3.63, 3.8) is 0 Å². The van der Waals surface area contributed by atoms with E-state index in [9.17, 15) is 13.2 Å². The zero-order chi connectivity index (χ0) is 17.0. The van der Waals surface area contributed by atoms with E-state index in [0.29, 0.717) is 5.56 Å². The fourth-order valence-corrected chi connectivity index (χ4v) is 3.18. The molecule has 0 aliphatic rings. The predicted octanol–water partition coefficient (Wildman–Crippen LogP) is 2.30. The zero-order valence-electron chi connectivity index (χ0n) is 12.4. The highest BCUT2D eigenvalue weighted by Gasteiger charge is 2.20. The lowest BCUT2D eigenvalue weighted by molar-refractivity contribution is 0.102. The third-order valence-corrected chi connectivity index (χ3v) is 4.76. The minimum absolute atomic E-state index is 0.0952. The molecule has 0 spiro atoms. The molecular weight excluding hydrogens is 330 g/mol. The molecule has 8 heteroatoms. The maximum atomic E-state index is 12.2. The van der Waals surface area contributed by atoms with Crippen LogP contribution >= 0.6 is 0 Å². The highest BCUT2D eigenvalue weighted by molar-refractivity contribution is 7.90. The lowest BCUT2D eigenvalue weighted by atomic mass is 10.2. The van der Waals surface area contributed by atoms with E-state index < -0.39 is 21.5 Å². The SMILES string of the molecule is O=C(Nc1nnc(CS(=O)(=O)c2ccccc2)o1)c1ccccc1. The Kier molecular flexibility index (Phi) is 4.39. The van der Waals surface area contributed by atoms with Crippen LogP contribution in [-0.2, 0) is 15.6 Å². The van der Waals surface area contributed by atoms with Crippen molar-refractivity contribution in [1.82, 2.24) is 10.2 Å². The average molecular weight is 343 g/mol. The van der Waals surface area contributed by atoms with Crippen LogP contribution in [0.25, 0.3) is 0 Å². The van der Waals surface area contributed by atoms with Gasteiger partial charge in [-0.25, -0.2) is 8.42 Å². The van der Waals surface area contributed by atoms with Gasteiger partial charge < -0.3 is 4.42 Å². The Morgan fingerprint density at radius 3 is 2.25 bits per heavy atom. The Hall–Kier alpha value is -3.00. The number of rotatable bonds is 5. The first-order valence-electron chi connectivity index (χ1n) is 7.01. The van der Waals surface area contributed by atoms with Crippen LogP contribution in [0.5, 0.6) is 0 Å². The third kappa shape index (κ3) is 3.66. The Morgan fingerprint density at radius 2 is 1.58 bits per heavy atom. The second kappa shape index (κ2) is 6.63. The minimum Gasteiger partial charge on any atom is -0.407 e. The van der Waals surface area contributed by atoms with Crippen molar-refractivity contribution in [2.45, 2.75) is 10.6 Å². The summed E-state index contributed by atoms with van der Waals surface area (Å²) >= 11 is 0. The molecule has 0 radical (unpaired) electrons. The van der Waals surface area contributed by atoms with Crippen LogP contribution in [0.2, 0.25) is 0 Å². The molecule has 1 heterocycles. The maximum Gasteiger partial charge on any atom is 0.322 e. The first-order chi connectivity index (χ1) is 11.5. The van der Waals surface area contributed by atoms with E-state index in [1.54, 1.807) is 48.5 Å². The molecule has 0 aliphatic heterocycles. The van der Waals surface area contributed by atoms with Gasteiger partial charge in [-0.3, -0.25) is 10.1 Å². The number of benzene rings is 2. The summed E-state index contributed by atoms with van der Waals surface area (Å²) in [6.45, 7) is 0. The number of nitrogens with zero attached hydrogens (tertiary/aromatic N) is 2. The van der Waals surface area contributed by atoms with E-state index in [0.717, 1.165) is 0 Å². The number of sulfone groups is 1. The molecule has 0 bridgehead atoms. The highest BCUT2D eigenvalue weighted by Crippen LogP contribution is 2.17. The minimum atomic E-state index is -3.59. The van der Waals surface area contributed by atoms with Crippen molar-refractivity contribution < 1.29 is 17.6 Å². The van der Waals surface area contributed by atoms with E-state index in [1.807, 2.05) is 0 Å². The number of aromatic nitrogens is 2. The normalized spacial score (nSPS) is 11.2. The Bertz CT molecular complexity index is 938. The van der Waals surface area contributed by atoms with Crippen LogP contribution in [0.3, 0.4) is 0 Å². The molecule has 2 aromatic carbocycles. The van der Waals surface area contributed by atoms with Crippen LogP contribution in [0.1, 0.15) is 16.2 Å². The summed E-state index contributed by atoms with van der Waals surface area (Å²) in [7, 11) is -3.59. The molecule has 1 amide bonds. The van der Waals surface area contributed by atoms with E-state index in [4.69, 9.17) is 4.42 Å². The summed E-state index contributed by atoms with van der Waals surface area (Å²) < 4.78 is 29.7. The molecule has 0 atom stereocenters. The number of amides is 1. The van der Waals surface area contributed by atoms with Crippen LogP contribution in [0.15, 0.2) is 70.0 Å². The summed E-state index contributed by atoms with van der Waals surface area (Å²) in [6.07, 6.45) is 0. The number of carbonyl (C=O) groups excluding carboxylic acids is 1. The lowest BCUT2D eigenvalue weighted by Crippen LogP contribution is -2.11. The van der Waals surface area contributed by atoms with Crippen LogP contribution in [-0.4, -0.2) is 24.5 Å². The largest absolute Gasteiger partial charge is 0.407 e. The van der Waals surface area contributed by atoms with Gasteiger partial charge in [0, 0.05) is 5.56 Å². The second-order valence-corrected chi connectivity index (χ2v) is 6.88. The summed E-state index contributed by atoms with van der Waals surface area (Å²) in [4.78, 5) is 12.1. The van der Waals surface area contributed by atoms with E-state index in [-0.39, 0.29) is 16.8 Å². The third-order valence-electron chi connectivity index (χ3n) is 3.14. The first kappa shape index (κ1) is 15.9. The number of hydrogen-bond acceptors (Lipinski definition) is 6. The monoisotopic (exact) mass is 343 g/mol. The van der Waals surface area contributed by atoms with E-state index in [2.05, 4.69) is 15.5 Å². The molecule has 0 fully saturated rings. The average Bonchev–Trinajstić information content (AvgIpc) is 3.02. The van der Waals surface area contributed by atoms with Crippen molar-refractivity contribution in [3.05, 3.63) is 72.1 Å². The van der Waals surface area contributed by atoms with Gasteiger partial charge in [0.05, 0.1) is 4.90 Å². The van der Waals surface area contributed by atoms with Gasteiger partial charge in [-0.05, 0) is 24.3 Å². The molecule has 122 valence electrons. The molecule has 0 unspecified atom stereocenters. The maximum absolute atomic E-state index is 12.2. The van der Waals surface area contributed by atoms with Crippen molar-refractivity contribution in [1.29, 1.82) is 0 Å². The van der Waals surface area contributed by atoms with Gasteiger partial charge in [-0.15, -0.1) is 5.10 Å². The first-order valence-corrected chi connectivity index (χ1v) is 8.66. The van der Waals surface area contributed by atoms with E-state index in [1.165, 1.54) is 12.1 Å². The van der Waals surface area contributed by atoms with Gasteiger partial charge in [0.2, 0.25) is 5.89 Å². The standard InChI is InChI=1S/C16H13N3O4S/c20-15(12-7-3-1-4-8-12)17-16-19-18-14(23-16)11-24(21,22)13-9-5-2-6-10-13/h1-10H,11H2,(H,17,19,20). The van der Waals surface area contributed by atoms with Crippen molar-refractivity contribution >= 4 is 21.8 Å². The second-order valence-electron chi connectivity index (χ2n) is 4.89. The molecule has 0 saturated heterocycles. The molecule has 3 aromatic rings. The summed E-state index contributed by atoms with van der Waals surface area (Å²) in [5.41, 5.74) is 0.425. The van der Waals surface area contributed by atoms with E-state index >= 15 is 0 Å². The summed E-state index contributed by atoms with van der Waals surface area (Å²) in [5, 5.41) is 9.74. The molecule has 1 aromatic heterocycles. The Balaban J connectivity index is 1.71. The smallest absolute Gasteiger partial charge is 0.322 e. The zero-order valence-corrected chi connectivity index (χ0v) is 13.2. The number of nitrogens with one attached hydrogen (secondary N) is 1. The van der Waals surface area contributed by atoms with Crippen molar-refractivity contribution in [2.75, 3.05) is 5.32 Å². The fraction of sp³-hybridized carbons (Fsp3) is 0.0625. The van der Waals surface area contributed by atoms with Gasteiger partial charge in [-0.1, -0.05) is 41.5 Å². The van der Waals surface area contributed by atoms with Crippen LogP contribution in [0, 0.1) is 0 Å². The van der Waals surface area contributed by atoms with Crippen molar-refractivity contribution in [2.24, 2.45) is 0 Å². The van der Waals surface area contributed by atoms with Gasteiger partial charge in [0.1, 0.15) is 5.75 Å². The van der Waals surface area contributed by atoms with Crippen molar-refractivity contribution in [3.8, 4) is 0 Å². The number of carbonyl (C=O) groups is 1. The predicted molar refractivity (Wildman–Crippen MR) is 86.0 cm³/mol. The number of anilines is 1. The Morgan fingerprint density at radius 1 is 0.958 bits per heavy atom. The lowest BCUT2D eigenvalue weighted by Gasteiger charge is -2.01. The summed E-state index contributed by atoms with van der Waals surface area (Å²) in [6, 6.07) is 16.3. The molecule has 0 aliphatic carbocycles. The highest BCUT2D eigenvalue weighted by atomic mass is 32.2. The van der Waals surface area contributed by atoms with Crippen LogP contribution < -0.4 is 5.32 Å². The van der Waals surface area contributed by atoms with Crippen LogP contribution in [0.4, 0.5) is 6.01 Å². The number of hydrogen-bond donors (Lipinski definition) is 1. The topological polar surface area (TPSA) is 102 Å². The molecular formula is C16H13N3O4S. The molecule has 24 heavy (non-hydrogen) atoms. The van der Waals surface area contributed by atoms with Gasteiger partial charge >= 0.3 is 6.01 Å². The molecule has 3 rings (SSSR count). The molecule has 0 saturated carbocycles. The van der Waals surface area contributed by atoms with Gasteiger partial charge in [0.15, 0.2) is 9.84 Å². The quantitative estimate of drug-likeness (QED) is 0.762. The fourth-order valence-electron chi connectivity index (χ4n) is 1.99. The molecule has 1 N–H and O–H groups in total. The van der Waals surface area contributed by atoms with Gasteiger partial charge in [-0.2, -0.15) is 0 Å². The van der Waals surface area contributed by atoms with Gasteiger partial charge in [0.25, 0.3) is 5.91 Å². The molecule has 7 nitrogen and oxygen atoms in total. The Labute approximate surface area is 138 Å².